The molecule has 0 aromatic rings. The van der Waals surface area contributed by atoms with Crippen molar-refractivity contribution in [2.45, 2.75) is 45.7 Å². The third-order valence-electron chi connectivity index (χ3n) is 2.24. The van der Waals surface area contributed by atoms with Crippen LogP contribution < -0.4 is 10.6 Å². The zero-order chi connectivity index (χ0) is 11.8. The lowest BCUT2D eigenvalue weighted by molar-refractivity contribution is -0.140. The molecule has 2 amide bonds. The summed E-state index contributed by atoms with van der Waals surface area (Å²) in [6.45, 7) is 5.42. The van der Waals surface area contributed by atoms with Gasteiger partial charge in [-0.2, -0.15) is 0 Å². The van der Waals surface area contributed by atoms with Gasteiger partial charge in [-0.25, -0.2) is 0 Å². The van der Waals surface area contributed by atoms with Crippen LogP contribution in [0.2, 0.25) is 0 Å². The Hall–Kier alpha value is -1.10. The highest BCUT2D eigenvalue weighted by atomic mass is 16.3. The molecule has 15 heavy (non-hydrogen) atoms. The van der Waals surface area contributed by atoms with Gasteiger partial charge < -0.3 is 15.7 Å². The minimum atomic E-state index is -0.684. The molecule has 0 saturated carbocycles. The Labute approximate surface area is 90.2 Å². The Morgan fingerprint density at radius 3 is 2.07 bits per heavy atom. The van der Waals surface area contributed by atoms with Crippen molar-refractivity contribution in [2.24, 2.45) is 0 Å². The predicted molar refractivity (Wildman–Crippen MR) is 57.2 cm³/mol. The van der Waals surface area contributed by atoms with Crippen LogP contribution in [-0.2, 0) is 9.59 Å². The molecule has 0 radical (unpaired) electrons. The van der Waals surface area contributed by atoms with Gasteiger partial charge in [0.1, 0.15) is 0 Å². The first-order valence-corrected chi connectivity index (χ1v) is 5.27. The van der Waals surface area contributed by atoms with Gasteiger partial charge in [-0.1, -0.05) is 13.8 Å². The Morgan fingerprint density at radius 2 is 1.67 bits per heavy atom. The second-order valence-electron chi connectivity index (χ2n) is 3.54. The van der Waals surface area contributed by atoms with Gasteiger partial charge in [-0.15, -0.1) is 0 Å². The summed E-state index contributed by atoms with van der Waals surface area (Å²) in [6, 6.07) is -0.363. The van der Waals surface area contributed by atoms with E-state index in [2.05, 4.69) is 10.6 Å². The van der Waals surface area contributed by atoms with Crippen LogP contribution in [0, 0.1) is 0 Å². The van der Waals surface area contributed by atoms with Crippen LogP contribution >= 0.6 is 0 Å². The van der Waals surface area contributed by atoms with Gasteiger partial charge in [0.25, 0.3) is 0 Å². The zero-order valence-electron chi connectivity index (χ0n) is 9.54. The van der Waals surface area contributed by atoms with Crippen LogP contribution in [-0.4, -0.2) is 35.6 Å². The molecule has 0 spiro atoms. The van der Waals surface area contributed by atoms with Crippen LogP contribution in [0.25, 0.3) is 0 Å². The van der Waals surface area contributed by atoms with Gasteiger partial charge in [-0.3, -0.25) is 9.59 Å². The number of rotatable bonds is 5. The highest BCUT2D eigenvalue weighted by Crippen LogP contribution is 1.90. The highest BCUT2D eigenvalue weighted by molar-refractivity contribution is 6.35. The maximum absolute atomic E-state index is 11.3. The van der Waals surface area contributed by atoms with E-state index in [4.69, 9.17) is 5.11 Å². The Balaban J connectivity index is 4.04. The fraction of sp³-hybridized carbons (Fsp3) is 0.800. The smallest absolute Gasteiger partial charge is 0.309 e. The van der Waals surface area contributed by atoms with Crippen molar-refractivity contribution in [3.8, 4) is 0 Å². The van der Waals surface area contributed by atoms with E-state index in [0.29, 0.717) is 6.42 Å². The quantitative estimate of drug-likeness (QED) is 0.556. The van der Waals surface area contributed by atoms with Crippen molar-refractivity contribution in [2.75, 3.05) is 6.61 Å². The normalized spacial score (nSPS) is 14.1. The number of aliphatic hydroxyl groups is 1. The summed E-state index contributed by atoms with van der Waals surface area (Å²) in [5, 5.41) is 13.8. The average molecular weight is 216 g/mol. The van der Waals surface area contributed by atoms with E-state index >= 15 is 0 Å². The van der Waals surface area contributed by atoms with E-state index in [1.165, 1.54) is 0 Å². The summed E-state index contributed by atoms with van der Waals surface area (Å²) >= 11 is 0. The minimum Gasteiger partial charge on any atom is -0.394 e. The molecule has 5 nitrogen and oxygen atoms in total. The number of hydrogen-bond acceptors (Lipinski definition) is 3. The Bertz CT molecular complexity index is 215. The van der Waals surface area contributed by atoms with Gasteiger partial charge in [0.05, 0.1) is 12.6 Å². The van der Waals surface area contributed by atoms with E-state index in [9.17, 15) is 9.59 Å². The van der Waals surface area contributed by atoms with Crippen LogP contribution in [0.5, 0.6) is 0 Å². The first-order chi connectivity index (χ1) is 7.04. The monoisotopic (exact) mass is 216 g/mol. The summed E-state index contributed by atoms with van der Waals surface area (Å²) in [5.41, 5.74) is 0. The molecule has 0 saturated heterocycles. The van der Waals surface area contributed by atoms with Crippen LogP contribution in [0.15, 0.2) is 0 Å². The van der Waals surface area contributed by atoms with Gasteiger partial charge in [0.15, 0.2) is 0 Å². The molecule has 3 N–H and O–H groups in total. The van der Waals surface area contributed by atoms with Crippen molar-refractivity contribution in [3.05, 3.63) is 0 Å². The molecule has 0 unspecified atom stereocenters. The lowest BCUT2D eigenvalue weighted by atomic mass is 10.2. The fourth-order valence-electron chi connectivity index (χ4n) is 0.919. The van der Waals surface area contributed by atoms with E-state index in [1.807, 2.05) is 20.8 Å². The number of carbonyl (C=O) groups is 2. The second-order valence-corrected chi connectivity index (χ2v) is 3.54. The summed E-state index contributed by atoms with van der Waals surface area (Å²) in [7, 11) is 0. The van der Waals surface area contributed by atoms with Crippen molar-refractivity contribution < 1.29 is 14.7 Å². The van der Waals surface area contributed by atoms with Gasteiger partial charge in [0, 0.05) is 6.04 Å². The van der Waals surface area contributed by atoms with Crippen LogP contribution in [0.4, 0.5) is 0 Å². The first kappa shape index (κ1) is 13.9. The number of amides is 2. The molecule has 2 atom stereocenters. The van der Waals surface area contributed by atoms with E-state index in [-0.39, 0.29) is 18.7 Å². The summed E-state index contributed by atoms with van der Waals surface area (Å²) in [6.07, 6.45) is 1.37. The van der Waals surface area contributed by atoms with Gasteiger partial charge >= 0.3 is 11.8 Å². The van der Waals surface area contributed by atoms with Gasteiger partial charge in [0.2, 0.25) is 0 Å². The van der Waals surface area contributed by atoms with Crippen LogP contribution in [0.3, 0.4) is 0 Å². The number of nitrogens with one attached hydrogen (secondary N) is 2. The molecule has 0 aliphatic carbocycles. The number of carbonyl (C=O) groups excluding carboxylic acids is 2. The molecule has 5 heteroatoms. The zero-order valence-corrected chi connectivity index (χ0v) is 9.54. The maximum Gasteiger partial charge on any atom is 0.309 e. The SMILES string of the molecule is CC[C@H](CO)NC(=O)C(=O)N[C@H](C)CC. The fourth-order valence-corrected chi connectivity index (χ4v) is 0.919. The van der Waals surface area contributed by atoms with E-state index < -0.39 is 11.8 Å². The topological polar surface area (TPSA) is 78.4 Å². The molecular formula is C10H20N2O3. The molecule has 0 aromatic heterocycles. The number of aliphatic hydroxyl groups excluding tert-OH is 1. The standard InChI is InChI=1S/C10H20N2O3/c1-4-7(3)11-9(14)10(15)12-8(5-2)6-13/h7-8,13H,4-6H2,1-3H3,(H,11,14)(H,12,15)/t7-,8-/m1/s1. The van der Waals surface area contributed by atoms with Crippen molar-refractivity contribution in [3.63, 3.8) is 0 Å². The Kier molecular flexibility index (Phi) is 6.70. The molecule has 0 heterocycles. The van der Waals surface area contributed by atoms with Crippen molar-refractivity contribution in [1.29, 1.82) is 0 Å². The number of hydrogen-bond donors (Lipinski definition) is 3. The summed E-state index contributed by atoms with van der Waals surface area (Å²) in [5.74, 6) is -1.33. The van der Waals surface area contributed by atoms with E-state index in [0.717, 1.165) is 6.42 Å². The van der Waals surface area contributed by atoms with Crippen molar-refractivity contribution in [1.82, 2.24) is 10.6 Å². The molecule has 0 aliphatic heterocycles. The lowest BCUT2D eigenvalue weighted by Crippen LogP contribution is -2.47. The molecule has 0 aliphatic rings. The van der Waals surface area contributed by atoms with Crippen molar-refractivity contribution >= 4 is 11.8 Å². The largest absolute Gasteiger partial charge is 0.394 e. The second kappa shape index (κ2) is 7.23. The maximum atomic E-state index is 11.3. The minimum absolute atomic E-state index is 0.0162. The third kappa shape index (κ3) is 5.37. The summed E-state index contributed by atoms with van der Waals surface area (Å²) in [4.78, 5) is 22.6. The lowest BCUT2D eigenvalue weighted by Gasteiger charge is -2.15. The first-order valence-electron chi connectivity index (χ1n) is 5.27. The highest BCUT2D eigenvalue weighted by Gasteiger charge is 2.17. The van der Waals surface area contributed by atoms with Crippen LogP contribution in [0.1, 0.15) is 33.6 Å². The van der Waals surface area contributed by atoms with Gasteiger partial charge in [-0.05, 0) is 19.8 Å². The van der Waals surface area contributed by atoms with E-state index in [1.54, 1.807) is 0 Å². The molecule has 0 aromatic carbocycles. The molecular weight excluding hydrogens is 196 g/mol. The average Bonchev–Trinajstić information content (AvgIpc) is 2.24. The molecule has 0 bridgehead atoms. The molecule has 0 fully saturated rings. The molecule has 0 rings (SSSR count). The Morgan fingerprint density at radius 1 is 1.13 bits per heavy atom. The summed E-state index contributed by atoms with van der Waals surface area (Å²) < 4.78 is 0. The molecule has 88 valence electrons. The third-order valence-corrected chi connectivity index (χ3v) is 2.24. The predicted octanol–water partition coefficient (Wildman–Crippen LogP) is -0.212.